The van der Waals surface area contributed by atoms with Crippen LogP contribution in [-0.4, -0.2) is 43.9 Å². The SMILES string of the molecule is CC(=O)Nc1ccc(C(F)(F)F)cc1NC(=O)CN(C)S(=O)(=O)c1ccc(C(C)=O)cc1. The Labute approximate surface area is 182 Å². The molecule has 0 aliphatic carbocycles. The van der Waals surface area contributed by atoms with Crippen LogP contribution in [-0.2, 0) is 25.8 Å². The molecule has 8 nitrogen and oxygen atoms in total. The predicted octanol–water partition coefficient (Wildman–Crippen LogP) is 3.13. The minimum atomic E-state index is -4.69. The van der Waals surface area contributed by atoms with E-state index in [9.17, 15) is 36.0 Å². The highest BCUT2D eigenvalue weighted by molar-refractivity contribution is 7.89. The van der Waals surface area contributed by atoms with Gasteiger partial charge in [-0.1, -0.05) is 12.1 Å². The summed E-state index contributed by atoms with van der Waals surface area (Å²) in [6.07, 6.45) is -4.69. The second-order valence-corrected chi connectivity index (χ2v) is 8.87. The maximum atomic E-state index is 13.0. The van der Waals surface area contributed by atoms with Gasteiger partial charge in [-0.05, 0) is 37.3 Å². The van der Waals surface area contributed by atoms with Crippen LogP contribution in [0.3, 0.4) is 0 Å². The highest BCUT2D eigenvalue weighted by Gasteiger charge is 2.31. The maximum Gasteiger partial charge on any atom is 0.416 e. The van der Waals surface area contributed by atoms with Gasteiger partial charge in [-0.15, -0.1) is 0 Å². The summed E-state index contributed by atoms with van der Waals surface area (Å²) in [6, 6.07) is 7.43. The monoisotopic (exact) mass is 471 g/mol. The number of Topliss-reactive ketones (excluding diaryl/α,β-unsaturated/α-hetero) is 1. The van der Waals surface area contributed by atoms with E-state index in [1.807, 2.05) is 0 Å². The number of carbonyl (C=O) groups excluding carboxylic acids is 3. The number of nitrogens with one attached hydrogen (secondary N) is 2. The highest BCUT2D eigenvalue weighted by Crippen LogP contribution is 2.34. The van der Waals surface area contributed by atoms with Crippen molar-refractivity contribution in [3.05, 3.63) is 53.6 Å². The summed E-state index contributed by atoms with van der Waals surface area (Å²) in [4.78, 5) is 34.9. The number of likely N-dealkylation sites (N-methyl/N-ethyl adjacent to an activating group) is 1. The van der Waals surface area contributed by atoms with Crippen LogP contribution in [0.5, 0.6) is 0 Å². The van der Waals surface area contributed by atoms with E-state index in [1.54, 1.807) is 0 Å². The lowest BCUT2D eigenvalue weighted by atomic mass is 10.1. The highest BCUT2D eigenvalue weighted by atomic mass is 32.2. The smallest absolute Gasteiger partial charge is 0.325 e. The molecule has 2 aromatic rings. The van der Waals surface area contributed by atoms with Gasteiger partial charge in [-0.25, -0.2) is 8.42 Å². The fraction of sp³-hybridized carbons (Fsp3) is 0.250. The number of hydrogen-bond donors (Lipinski definition) is 2. The number of sulfonamides is 1. The molecule has 2 rings (SSSR count). The van der Waals surface area contributed by atoms with Gasteiger partial charge in [0, 0.05) is 19.5 Å². The first kappa shape index (κ1) is 25.0. The molecular weight excluding hydrogens is 451 g/mol. The molecule has 0 saturated heterocycles. The summed E-state index contributed by atoms with van der Waals surface area (Å²) in [6.45, 7) is 1.75. The Morgan fingerprint density at radius 2 is 1.53 bits per heavy atom. The summed E-state index contributed by atoms with van der Waals surface area (Å²) in [5, 5.41) is 4.50. The third-order valence-corrected chi connectivity index (χ3v) is 6.08. The minimum Gasteiger partial charge on any atom is -0.325 e. The predicted molar refractivity (Wildman–Crippen MR) is 111 cm³/mol. The van der Waals surface area contributed by atoms with E-state index in [0.29, 0.717) is 15.9 Å². The molecule has 0 aromatic heterocycles. The zero-order valence-electron chi connectivity index (χ0n) is 17.3. The lowest BCUT2D eigenvalue weighted by Crippen LogP contribution is -2.35. The number of rotatable bonds is 7. The molecule has 0 aliphatic heterocycles. The zero-order chi connectivity index (χ0) is 24.3. The Balaban J connectivity index is 2.23. The van der Waals surface area contributed by atoms with Gasteiger partial charge >= 0.3 is 6.18 Å². The molecule has 0 unspecified atom stereocenters. The molecule has 172 valence electrons. The average molecular weight is 471 g/mol. The summed E-state index contributed by atoms with van der Waals surface area (Å²) in [7, 11) is -3.00. The van der Waals surface area contributed by atoms with Crippen molar-refractivity contribution >= 4 is 39.0 Å². The molecule has 0 spiro atoms. The first-order valence-electron chi connectivity index (χ1n) is 9.08. The molecule has 0 fully saturated rings. The number of hydrogen-bond acceptors (Lipinski definition) is 5. The maximum absolute atomic E-state index is 13.0. The minimum absolute atomic E-state index is 0.0795. The van der Waals surface area contributed by atoms with Crippen LogP contribution >= 0.6 is 0 Å². The number of anilines is 2. The van der Waals surface area contributed by atoms with E-state index < -0.39 is 40.1 Å². The van der Waals surface area contributed by atoms with Crippen LogP contribution in [0.15, 0.2) is 47.4 Å². The number of ketones is 1. The van der Waals surface area contributed by atoms with Gasteiger partial charge in [0.05, 0.1) is 28.4 Å². The lowest BCUT2D eigenvalue weighted by molar-refractivity contribution is -0.137. The van der Waals surface area contributed by atoms with Crippen molar-refractivity contribution in [1.29, 1.82) is 0 Å². The van der Waals surface area contributed by atoms with E-state index >= 15 is 0 Å². The van der Waals surface area contributed by atoms with Gasteiger partial charge in [0.25, 0.3) is 0 Å². The topological polar surface area (TPSA) is 113 Å². The molecule has 0 bridgehead atoms. The first-order chi connectivity index (χ1) is 14.7. The third-order valence-electron chi connectivity index (χ3n) is 4.27. The number of halogens is 3. The average Bonchev–Trinajstić information content (AvgIpc) is 2.68. The van der Waals surface area contributed by atoms with Crippen molar-refractivity contribution < 1.29 is 36.0 Å². The van der Waals surface area contributed by atoms with Crippen molar-refractivity contribution in [2.45, 2.75) is 24.9 Å². The molecule has 0 radical (unpaired) electrons. The summed E-state index contributed by atoms with van der Waals surface area (Å²) >= 11 is 0. The Bertz CT molecular complexity index is 1150. The van der Waals surface area contributed by atoms with Gasteiger partial charge < -0.3 is 10.6 Å². The summed E-state index contributed by atoms with van der Waals surface area (Å²) in [5.41, 5.74) is -1.17. The van der Waals surface area contributed by atoms with Crippen LogP contribution in [0, 0.1) is 0 Å². The van der Waals surface area contributed by atoms with Crippen molar-refractivity contribution in [1.82, 2.24) is 4.31 Å². The molecular formula is C20H20F3N3O5S. The van der Waals surface area contributed by atoms with Gasteiger partial charge in [-0.3, -0.25) is 14.4 Å². The molecule has 0 heterocycles. The van der Waals surface area contributed by atoms with E-state index in [2.05, 4.69) is 10.6 Å². The Morgan fingerprint density at radius 1 is 0.938 bits per heavy atom. The van der Waals surface area contributed by atoms with Crippen LogP contribution in [0.1, 0.15) is 29.8 Å². The van der Waals surface area contributed by atoms with Crippen molar-refractivity contribution in [2.24, 2.45) is 0 Å². The van der Waals surface area contributed by atoms with E-state index in [1.165, 1.54) is 31.2 Å². The number of benzene rings is 2. The quantitative estimate of drug-likeness (QED) is 0.603. The van der Waals surface area contributed by atoms with Crippen LogP contribution in [0.2, 0.25) is 0 Å². The number of carbonyl (C=O) groups is 3. The Morgan fingerprint density at radius 3 is 2.03 bits per heavy atom. The molecule has 2 N–H and O–H groups in total. The lowest BCUT2D eigenvalue weighted by Gasteiger charge is -2.19. The number of alkyl halides is 3. The fourth-order valence-corrected chi connectivity index (χ4v) is 3.77. The second-order valence-electron chi connectivity index (χ2n) is 6.83. The van der Waals surface area contributed by atoms with Crippen LogP contribution in [0.4, 0.5) is 24.5 Å². The Kier molecular flexibility index (Phi) is 7.42. The summed E-state index contributed by atoms with van der Waals surface area (Å²) in [5.74, 6) is -1.76. The van der Waals surface area contributed by atoms with Crippen molar-refractivity contribution in [3.63, 3.8) is 0 Å². The standard InChI is InChI=1S/C20H20F3N3O5S/c1-12(27)14-4-7-16(8-5-14)32(30,31)26(3)11-19(29)25-18-10-15(20(21,22)23)6-9-17(18)24-13(2)28/h4-10H,11H2,1-3H3,(H,24,28)(H,25,29). The van der Waals surface area contributed by atoms with Gasteiger partial charge in [-0.2, -0.15) is 17.5 Å². The fourth-order valence-electron chi connectivity index (χ4n) is 2.64. The van der Waals surface area contributed by atoms with Gasteiger partial charge in [0.15, 0.2) is 5.78 Å². The van der Waals surface area contributed by atoms with Gasteiger partial charge in [0.2, 0.25) is 21.8 Å². The van der Waals surface area contributed by atoms with E-state index in [4.69, 9.17) is 0 Å². The zero-order valence-corrected chi connectivity index (χ0v) is 18.1. The largest absolute Gasteiger partial charge is 0.416 e. The summed E-state index contributed by atoms with van der Waals surface area (Å²) < 4.78 is 65.1. The third kappa shape index (κ3) is 6.14. The van der Waals surface area contributed by atoms with Crippen LogP contribution in [0.25, 0.3) is 0 Å². The second kappa shape index (κ2) is 9.49. The Hall–Kier alpha value is -3.25. The van der Waals surface area contributed by atoms with E-state index in [-0.39, 0.29) is 22.1 Å². The molecule has 2 amide bonds. The molecule has 0 saturated carbocycles. The molecule has 32 heavy (non-hydrogen) atoms. The normalized spacial score (nSPS) is 11.8. The van der Waals surface area contributed by atoms with E-state index in [0.717, 1.165) is 26.1 Å². The van der Waals surface area contributed by atoms with Gasteiger partial charge in [0.1, 0.15) is 0 Å². The van der Waals surface area contributed by atoms with Crippen molar-refractivity contribution in [2.75, 3.05) is 24.2 Å². The molecule has 0 atom stereocenters. The number of nitrogens with zero attached hydrogens (tertiary/aromatic N) is 1. The van der Waals surface area contributed by atoms with Crippen LogP contribution < -0.4 is 10.6 Å². The molecule has 2 aromatic carbocycles. The number of amides is 2. The molecule has 12 heteroatoms. The first-order valence-corrected chi connectivity index (χ1v) is 10.5. The molecule has 0 aliphatic rings. The van der Waals surface area contributed by atoms with Crippen molar-refractivity contribution in [3.8, 4) is 0 Å².